The summed E-state index contributed by atoms with van der Waals surface area (Å²) in [5.41, 5.74) is 7.40. The predicted molar refractivity (Wildman–Crippen MR) is 434 cm³/mol. The first-order valence-corrected chi connectivity index (χ1v) is 41.3. The van der Waals surface area contributed by atoms with Crippen LogP contribution in [0.25, 0.3) is 0 Å². The van der Waals surface area contributed by atoms with Crippen molar-refractivity contribution >= 4 is 11.9 Å². The fourth-order valence-corrected chi connectivity index (χ4v) is 16.4. The monoisotopic (exact) mass is 1620 g/mol. The molecule has 6 heterocycles. The molecule has 0 spiro atoms. The number of ether oxygens (including phenoxy) is 20. The van der Waals surface area contributed by atoms with Gasteiger partial charge in [-0.05, 0) is 86.1 Å². The lowest BCUT2D eigenvalue weighted by molar-refractivity contribution is -0.409. The lowest BCUT2D eigenvalue weighted by atomic mass is 9.91. The first kappa shape index (κ1) is 86.3. The van der Waals surface area contributed by atoms with Gasteiger partial charge in [-0.1, -0.05) is 250 Å². The Morgan fingerprint density at radius 3 is 1.13 bits per heavy atom. The van der Waals surface area contributed by atoms with Gasteiger partial charge >= 0.3 is 5.97 Å². The van der Waals surface area contributed by atoms with E-state index in [0.717, 1.165) is 44.5 Å². The first-order chi connectivity index (χ1) is 57.4. The molecule has 6 aliphatic rings. The van der Waals surface area contributed by atoms with Crippen molar-refractivity contribution in [3.8, 4) is 0 Å². The number of hydrogen-bond acceptors (Lipinski definition) is 22. The van der Waals surface area contributed by atoms with E-state index in [4.69, 9.17) is 94.7 Å². The van der Waals surface area contributed by atoms with Gasteiger partial charge < -0.3 is 100 Å². The second kappa shape index (κ2) is 42.0. The molecule has 0 radical (unpaired) electrons. The van der Waals surface area contributed by atoms with Gasteiger partial charge in [0.15, 0.2) is 37.1 Å². The van der Waals surface area contributed by atoms with Gasteiger partial charge in [-0.15, -0.1) is 0 Å². The van der Waals surface area contributed by atoms with Crippen LogP contribution in [0.3, 0.4) is 0 Å². The minimum atomic E-state index is -1.48. The fraction of sp³-hybridized carbons (Fsp3) is 0.474. The van der Waals surface area contributed by atoms with Crippen LogP contribution in [-0.2, 0) is 157 Å². The van der Waals surface area contributed by atoms with Crippen molar-refractivity contribution in [1.82, 2.24) is 5.32 Å². The highest BCUT2D eigenvalue weighted by Crippen LogP contribution is 2.43. The summed E-state index contributed by atoms with van der Waals surface area (Å²) in [7, 11) is 0. The zero-order valence-corrected chi connectivity index (χ0v) is 68.6. The van der Waals surface area contributed by atoms with E-state index in [0.29, 0.717) is 6.61 Å². The molecule has 0 bridgehead atoms. The number of rotatable bonds is 35. The molecule has 25 atom stereocenters. The topological polar surface area (TPSA) is 231 Å². The molecule has 630 valence electrons. The molecular formula is C95H113NO22. The van der Waals surface area contributed by atoms with E-state index in [1.54, 1.807) is 13.8 Å². The fourth-order valence-electron chi connectivity index (χ4n) is 16.4. The summed E-state index contributed by atoms with van der Waals surface area (Å²) in [5, 5.41) is 3.19. The van der Waals surface area contributed by atoms with Crippen LogP contribution in [0.2, 0.25) is 0 Å². The van der Waals surface area contributed by atoms with Crippen molar-refractivity contribution in [2.75, 3.05) is 13.2 Å². The number of esters is 1. The van der Waals surface area contributed by atoms with E-state index in [-0.39, 0.29) is 59.5 Å². The van der Waals surface area contributed by atoms with E-state index in [9.17, 15) is 9.59 Å². The standard InChI is InChI=1S/C95H113NO22/c1-60-78(100-51-68-36-20-11-21-37-68)79(101-52-69-38-22-12-23-39-69)62(3)109-91(60)116-88-81(103-54-71-42-26-14-27-43-71)63(4)110-94(90(88)111-66(7)98)115-85-77(96-65(6)97)92(112-76-59-107-95(8,9)118-84(76)85)114-82-64(5)108-61(2)80(102-53-70-40-24-13-25-41-70)87(82)117-93-89(106-57-74-48-32-17-33-49-74)86(105-56-73-46-30-16-31-47-73)83(104-55-72-44-28-15-29-45-72)75(113-93)58-99-50-67-34-18-10-19-35-67/h10-49,60-64,75-94H,50-59H2,1-9H3,(H,96,97)/t60?,61?,62?,63?,64-,75-,76?,77?,78+,79-,80-,81-,82?,83+,84+,85+,86?,87-,88-,89?,90?,91-,92-,93+,94-/m0/s1. The molecule has 10 unspecified atom stereocenters. The van der Waals surface area contributed by atoms with Gasteiger partial charge in [-0.25, -0.2) is 0 Å². The molecule has 6 aliphatic heterocycles. The van der Waals surface area contributed by atoms with Crippen molar-refractivity contribution in [3.05, 3.63) is 287 Å². The van der Waals surface area contributed by atoms with Crippen LogP contribution < -0.4 is 5.32 Å². The first-order valence-electron chi connectivity index (χ1n) is 41.3. The van der Waals surface area contributed by atoms with Crippen LogP contribution in [0.4, 0.5) is 0 Å². The molecule has 0 aliphatic carbocycles. The highest BCUT2D eigenvalue weighted by atomic mass is 16.8. The highest BCUT2D eigenvalue weighted by molar-refractivity contribution is 5.73. The van der Waals surface area contributed by atoms with Crippen LogP contribution >= 0.6 is 0 Å². The summed E-state index contributed by atoms with van der Waals surface area (Å²) >= 11 is 0. The quantitative estimate of drug-likeness (QED) is 0.0364. The molecule has 1 N–H and O–H groups in total. The van der Waals surface area contributed by atoms with Crippen molar-refractivity contribution in [1.29, 1.82) is 0 Å². The zero-order chi connectivity index (χ0) is 81.9. The lowest BCUT2D eigenvalue weighted by Crippen LogP contribution is -2.72. The van der Waals surface area contributed by atoms with E-state index in [1.165, 1.54) is 13.8 Å². The van der Waals surface area contributed by atoms with Crippen LogP contribution in [0.15, 0.2) is 243 Å². The maximum atomic E-state index is 14.4. The average molecular weight is 1620 g/mol. The second-order valence-electron chi connectivity index (χ2n) is 31.7. The van der Waals surface area contributed by atoms with Crippen molar-refractivity contribution < 1.29 is 104 Å². The molecule has 1 amide bonds. The number of carbonyl (C=O) groups excluding carboxylic acids is 2. The van der Waals surface area contributed by atoms with E-state index >= 15 is 0 Å². The zero-order valence-electron chi connectivity index (χ0n) is 68.6. The minimum Gasteiger partial charge on any atom is -0.454 e. The lowest BCUT2D eigenvalue weighted by Gasteiger charge is -2.54. The number of carbonyl (C=O) groups is 2. The summed E-state index contributed by atoms with van der Waals surface area (Å²) in [6.07, 6.45) is -22.8. The Morgan fingerprint density at radius 2 is 0.686 bits per heavy atom. The van der Waals surface area contributed by atoms with Gasteiger partial charge in [0.25, 0.3) is 0 Å². The Bertz CT molecular complexity index is 4290. The largest absolute Gasteiger partial charge is 0.454 e. The van der Waals surface area contributed by atoms with Crippen LogP contribution in [0.5, 0.6) is 0 Å². The Kier molecular flexibility index (Phi) is 30.7. The third kappa shape index (κ3) is 22.9. The van der Waals surface area contributed by atoms with Gasteiger partial charge in [0, 0.05) is 19.8 Å². The smallest absolute Gasteiger partial charge is 0.303 e. The van der Waals surface area contributed by atoms with Crippen LogP contribution in [0, 0.1) is 5.92 Å². The van der Waals surface area contributed by atoms with Crippen molar-refractivity contribution in [2.24, 2.45) is 5.92 Å². The van der Waals surface area contributed by atoms with Gasteiger partial charge in [-0.3, -0.25) is 9.59 Å². The Balaban J connectivity index is 0.826. The van der Waals surface area contributed by atoms with Gasteiger partial charge in [0.05, 0.1) is 96.6 Å². The van der Waals surface area contributed by atoms with Crippen LogP contribution in [0.1, 0.15) is 107 Å². The maximum absolute atomic E-state index is 14.4. The van der Waals surface area contributed by atoms with Gasteiger partial charge in [0.2, 0.25) is 5.91 Å². The third-order valence-electron chi connectivity index (χ3n) is 22.3. The predicted octanol–water partition coefficient (Wildman–Crippen LogP) is 13.8. The van der Waals surface area contributed by atoms with Crippen molar-refractivity contribution in [3.63, 3.8) is 0 Å². The normalized spacial score (nSPS) is 32.1. The summed E-state index contributed by atoms with van der Waals surface area (Å²) in [6.45, 7) is 17.5. The summed E-state index contributed by atoms with van der Waals surface area (Å²) < 4.78 is 142. The Morgan fingerprint density at radius 1 is 0.347 bits per heavy atom. The molecule has 6 saturated heterocycles. The SMILES string of the molecule is CC(=O)NC1[C@H](OC2[C@H](C)OC(C)[C@H](OCc3ccccc3)[C@@H]2O[C@H]2O[C@@H](COCc3ccccc3)[C@@H](OCc3ccccc3)C(OCc3ccccc3)C2OCc2ccccc2)OC2COC(C)(C)O[C@H]2[C@@H]1O[C@@H]1OC(C)[C@H](OCc2ccccc2)[C@H](O[C@@H]2OC(C)[C@H](OCc3ccccc3)[C@H](OCc3ccccc3)C2C)C1OC(C)=O. The highest BCUT2D eigenvalue weighted by Gasteiger charge is 2.61. The van der Waals surface area contributed by atoms with E-state index in [1.807, 2.05) is 277 Å². The summed E-state index contributed by atoms with van der Waals surface area (Å²) in [4.78, 5) is 28.5. The number of fused-ring (bicyclic) bond motifs is 1. The average Bonchev–Trinajstić information content (AvgIpc) is 0.750. The van der Waals surface area contributed by atoms with Crippen LogP contribution in [-0.4, -0.2) is 178 Å². The van der Waals surface area contributed by atoms with E-state index in [2.05, 4.69) is 5.32 Å². The van der Waals surface area contributed by atoms with Crippen molar-refractivity contribution in [2.45, 2.75) is 268 Å². The molecule has 14 rings (SSSR count). The molecule has 118 heavy (non-hydrogen) atoms. The maximum Gasteiger partial charge on any atom is 0.303 e. The Hall–Kier alpha value is -8.06. The minimum absolute atomic E-state index is 0.0300. The Labute approximate surface area is 692 Å². The summed E-state index contributed by atoms with van der Waals surface area (Å²) in [5.74, 6) is -2.90. The van der Waals surface area contributed by atoms with Gasteiger partial charge in [0.1, 0.15) is 85.4 Å². The molecule has 23 heteroatoms. The number of hydrogen-bond donors (Lipinski definition) is 1. The van der Waals surface area contributed by atoms with E-state index < -0.39 is 171 Å². The molecule has 0 aromatic heterocycles. The number of amides is 1. The molecule has 0 saturated carbocycles. The molecular weight excluding hydrogens is 1510 g/mol. The molecule has 6 fully saturated rings. The third-order valence-corrected chi connectivity index (χ3v) is 22.3. The van der Waals surface area contributed by atoms with Gasteiger partial charge in [-0.2, -0.15) is 0 Å². The summed E-state index contributed by atoms with van der Waals surface area (Å²) in [6, 6.07) is 77.9. The number of nitrogens with one attached hydrogen (secondary N) is 1. The number of benzene rings is 8. The molecule has 8 aromatic rings. The molecule has 8 aromatic carbocycles. The molecule has 23 nitrogen and oxygen atoms in total. The second-order valence-corrected chi connectivity index (χ2v) is 31.7.